The number of carbonyl (C=O) groups is 2. The van der Waals surface area contributed by atoms with E-state index in [0.29, 0.717) is 28.6 Å². The minimum atomic E-state index is -0.591. The molecular formula is C13H16ClNO4S. The molecule has 0 saturated heterocycles. The van der Waals surface area contributed by atoms with Gasteiger partial charge in [0.2, 0.25) is 0 Å². The molecule has 5 nitrogen and oxygen atoms in total. The van der Waals surface area contributed by atoms with Gasteiger partial charge in [-0.15, -0.1) is 11.3 Å². The van der Waals surface area contributed by atoms with Crippen LogP contribution >= 0.6 is 22.9 Å². The van der Waals surface area contributed by atoms with E-state index >= 15 is 0 Å². The van der Waals surface area contributed by atoms with Crippen molar-refractivity contribution in [3.05, 3.63) is 21.3 Å². The van der Waals surface area contributed by atoms with E-state index in [2.05, 4.69) is 10.1 Å². The van der Waals surface area contributed by atoms with Crippen LogP contribution in [0.15, 0.2) is 12.1 Å². The van der Waals surface area contributed by atoms with Gasteiger partial charge in [0.1, 0.15) is 0 Å². The lowest BCUT2D eigenvalue weighted by Gasteiger charge is -2.14. The highest BCUT2D eigenvalue weighted by atomic mass is 35.5. The third-order valence-corrected chi connectivity index (χ3v) is 4.74. The maximum absolute atomic E-state index is 11.9. The van der Waals surface area contributed by atoms with E-state index in [1.165, 1.54) is 18.4 Å². The summed E-state index contributed by atoms with van der Waals surface area (Å²) in [5, 5.41) is 12.7. The maximum Gasteiger partial charge on any atom is 0.308 e. The van der Waals surface area contributed by atoms with E-state index in [-0.39, 0.29) is 23.7 Å². The van der Waals surface area contributed by atoms with E-state index in [9.17, 15) is 14.7 Å². The standard InChI is InChI=1S/C13H16ClNO4S/c1-19-13(18)7-4-8(9(16)5-7)6-15-12(17)10-2-3-11(14)20-10/h2-3,7-9,16H,4-6H2,1H3,(H,15,17)/t7-,8+,9-/m0/s1. The number of hydrogen-bond donors (Lipinski definition) is 2. The number of thiophene rings is 1. The highest BCUT2D eigenvalue weighted by Gasteiger charge is 2.37. The second-order valence-electron chi connectivity index (χ2n) is 4.83. The van der Waals surface area contributed by atoms with Gasteiger partial charge in [-0.3, -0.25) is 9.59 Å². The summed E-state index contributed by atoms with van der Waals surface area (Å²) in [5.41, 5.74) is 0. The molecule has 7 heteroatoms. The van der Waals surface area contributed by atoms with Crippen LogP contribution in [0.3, 0.4) is 0 Å². The number of hydrogen-bond acceptors (Lipinski definition) is 5. The molecule has 20 heavy (non-hydrogen) atoms. The summed E-state index contributed by atoms with van der Waals surface area (Å²) >= 11 is 6.98. The molecule has 1 aromatic heterocycles. The summed E-state index contributed by atoms with van der Waals surface area (Å²) in [5.74, 6) is -0.926. The number of rotatable bonds is 4. The molecule has 0 radical (unpaired) electrons. The van der Waals surface area contributed by atoms with E-state index in [0.717, 1.165) is 0 Å². The van der Waals surface area contributed by atoms with Gasteiger partial charge in [0.15, 0.2) is 0 Å². The normalized spacial score (nSPS) is 25.4. The van der Waals surface area contributed by atoms with Gasteiger partial charge >= 0.3 is 5.97 Å². The van der Waals surface area contributed by atoms with Crippen LogP contribution in [0.2, 0.25) is 4.34 Å². The molecule has 3 atom stereocenters. The fraction of sp³-hybridized carbons (Fsp3) is 0.538. The van der Waals surface area contributed by atoms with Crippen LogP contribution in [0.25, 0.3) is 0 Å². The molecular weight excluding hydrogens is 302 g/mol. The SMILES string of the molecule is COC(=O)[C@H]1C[C@H](CNC(=O)c2ccc(Cl)s2)[C@@H](O)C1. The minimum Gasteiger partial charge on any atom is -0.469 e. The first-order valence-corrected chi connectivity index (χ1v) is 7.50. The van der Waals surface area contributed by atoms with Crippen molar-refractivity contribution in [2.75, 3.05) is 13.7 Å². The number of ether oxygens (including phenoxy) is 1. The first kappa shape index (κ1) is 15.3. The summed E-state index contributed by atoms with van der Waals surface area (Å²) in [6.07, 6.45) is 0.323. The number of halogens is 1. The van der Waals surface area contributed by atoms with E-state index < -0.39 is 6.10 Å². The molecule has 1 aliphatic carbocycles. The van der Waals surface area contributed by atoms with Crippen LogP contribution in [0, 0.1) is 11.8 Å². The monoisotopic (exact) mass is 317 g/mol. The summed E-state index contributed by atoms with van der Waals surface area (Å²) in [4.78, 5) is 23.8. The van der Waals surface area contributed by atoms with Gasteiger partial charge in [-0.05, 0) is 25.0 Å². The van der Waals surface area contributed by atoms with Gasteiger partial charge in [0.05, 0.1) is 28.3 Å². The smallest absolute Gasteiger partial charge is 0.308 e. The molecule has 2 N–H and O–H groups in total. The Morgan fingerprint density at radius 3 is 2.85 bits per heavy atom. The molecule has 110 valence electrons. The van der Waals surface area contributed by atoms with E-state index in [4.69, 9.17) is 11.6 Å². The van der Waals surface area contributed by atoms with Crippen LogP contribution in [0.5, 0.6) is 0 Å². The summed E-state index contributed by atoms with van der Waals surface area (Å²) in [6, 6.07) is 3.32. The first-order valence-electron chi connectivity index (χ1n) is 6.30. The van der Waals surface area contributed by atoms with Gasteiger partial charge < -0.3 is 15.2 Å². The number of amides is 1. The molecule has 0 aliphatic heterocycles. The Balaban J connectivity index is 1.85. The average Bonchev–Trinajstić information content (AvgIpc) is 3.01. The van der Waals surface area contributed by atoms with Crippen LogP contribution in [0.4, 0.5) is 0 Å². The fourth-order valence-electron chi connectivity index (χ4n) is 2.43. The van der Waals surface area contributed by atoms with Crippen molar-refractivity contribution in [2.24, 2.45) is 11.8 Å². The highest BCUT2D eigenvalue weighted by molar-refractivity contribution is 7.17. The zero-order valence-electron chi connectivity index (χ0n) is 11.0. The van der Waals surface area contributed by atoms with Crippen LogP contribution in [-0.4, -0.2) is 36.7 Å². The predicted octanol–water partition coefficient (Wildman–Crippen LogP) is 1.69. The van der Waals surface area contributed by atoms with Gasteiger partial charge in [-0.1, -0.05) is 11.6 Å². The molecule has 1 saturated carbocycles. The molecule has 0 bridgehead atoms. The van der Waals surface area contributed by atoms with Crippen molar-refractivity contribution in [1.82, 2.24) is 5.32 Å². The number of methoxy groups -OCH3 is 1. The summed E-state index contributed by atoms with van der Waals surface area (Å²) in [7, 11) is 1.34. The molecule has 1 heterocycles. The van der Waals surface area contributed by atoms with Gasteiger partial charge in [0, 0.05) is 12.5 Å². The summed E-state index contributed by atoms with van der Waals surface area (Å²) < 4.78 is 5.24. The lowest BCUT2D eigenvalue weighted by atomic mass is 10.0. The largest absolute Gasteiger partial charge is 0.469 e. The Kier molecular flexibility index (Phi) is 5.01. The Bertz CT molecular complexity index is 504. The fourth-order valence-corrected chi connectivity index (χ4v) is 3.39. The van der Waals surface area contributed by atoms with E-state index in [1.54, 1.807) is 12.1 Å². The molecule has 2 rings (SSSR count). The summed E-state index contributed by atoms with van der Waals surface area (Å²) in [6.45, 7) is 0.336. The van der Waals surface area contributed by atoms with Crippen molar-refractivity contribution in [3.8, 4) is 0 Å². The lowest BCUT2D eigenvalue weighted by molar-refractivity contribution is -0.145. The minimum absolute atomic E-state index is 0.126. The van der Waals surface area contributed by atoms with Gasteiger partial charge in [-0.25, -0.2) is 0 Å². The average molecular weight is 318 g/mol. The first-order chi connectivity index (χ1) is 9.51. The zero-order chi connectivity index (χ0) is 14.7. The second kappa shape index (κ2) is 6.56. The Labute approximate surface area is 125 Å². The Morgan fingerprint density at radius 2 is 2.25 bits per heavy atom. The van der Waals surface area contributed by atoms with Crippen molar-refractivity contribution < 1.29 is 19.4 Å². The molecule has 0 spiro atoms. The van der Waals surface area contributed by atoms with Crippen LogP contribution < -0.4 is 5.32 Å². The third kappa shape index (κ3) is 3.50. The molecule has 1 fully saturated rings. The van der Waals surface area contributed by atoms with Crippen molar-refractivity contribution in [2.45, 2.75) is 18.9 Å². The quantitative estimate of drug-likeness (QED) is 0.829. The van der Waals surface area contributed by atoms with E-state index in [1.807, 2.05) is 0 Å². The van der Waals surface area contributed by atoms with Crippen molar-refractivity contribution in [3.63, 3.8) is 0 Å². The number of esters is 1. The number of aliphatic hydroxyl groups excluding tert-OH is 1. The molecule has 1 aromatic rings. The van der Waals surface area contributed by atoms with Crippen molar-refractivity contribution >= 4 is 34.8 Å². The molecule has 1 amide bonds. The highest BCUT2D eigenvalue weighted by Crippen LogP contribution is 2.31. The van der Waals surface area contributed by atoms with Gasteiger partial charge in [0.25, 0.3) is 5.91 Å². The zero-order valence-corrected chi connectivity index (χ0v) is 12.5. The predicted molar refractivity (Wildman–Crippen MR) is 75.9 cm³/mol. The van der Waals surface area contributed by atoms with Gasteiger partial charge in [-0.2, -0.15) is 0 Å². The number of nitrogens with one attached hydrogen (secondary N) is 1. The van der Waals surface area contributed by atoms with Crippen LogP contribution in [0.1, 0.15) is 22.5 Å². The molecule has 0 unspecified atom stereocenters. The lowest BCUT2D eigenvalue weighted by Crippen LogP contribution is -2.32. The topological polar surface area (TPSA) is 75.6 Å². The molecule has 0 aromatic carbocycles. The molecule has 1 aliphatic rings. The van der Waals surface area contributed by atoms with Crippen LogP contribution in [-0.2, 0) is 9.53 Å². The van der Waals surface area contributed by atoms with Crippen molar-refractivity contribution in [1.29, 1.82) is 0 Å². The maximum atomic E-state index is 11.9. The number of carbonyl (C=O) groups excluding carboxylic acids is 2. The second-order valence-corrected chi connectivity index (χ2v) is 6.55. The Hall–Kier alpha value is -1.11. The number of aliphatic hydroxyl groups is 1. The third-order valence-electron chi connectivity index (χ3n) is 3.51. The Morgan fingerprint density at radius 1 is 1.50 bits per heavy atom.